The fourth-order valence-corrected chi connectivity index (χ4v) is 5.21. The highest BCUT2D eigenvalue weighted by atomic mass is 79.9. The Labute approximate surface area is 184 Å². The number of hydrogen-bond acceptors (Lipinski definition) is 6. The fraction of sp³-hybridized carbons (Fsp3) is 0.667. The molecule has 162 valence electrons. The third-order valence-electron chi connectivity index (χ3n) is 4.56. The highest BCUT2D eigenvalue weighted by Gasteiger charge is 2.45. The maximum atomic E-state index is 14.2. The summed E-state index contributed by atoms with van der Waals surface area (Å²) in [6, 6.07) is -1.48. The molecule has 0 unspecified atom stereocenters. The summed E-state index contributed by atoms with van der Waals surface area (Å²) in [6.07, 6.45) is -0.954. The van der Waals surface area contributed by atoms with Crippen LogP contribution in [0, 0.1) is 0 Å². The first-order chi connectivity index (χ1) is 12.0. The summed E-state index contributed by atoms with van der Waals surface area (Å²) in [5.41, 5.74) is 6.69. The number of ether oxygens (including phenoxy) is 1. The number of nitrogens with two attached hydrogens (primary N) is 1. The van der Waals surface area contributed by atoms with Gasteiger partial charge in [0.1, 0.15) is 4.88 Å². The predicted molar refractivity (Wildman–Crippen MR) is 108 cm³/mol. The number of hydrogen-bond donors (Lipinski definition) is 2. The minimum Gasteiger partial charge on any atom is -0.465 e. The SMILES string of the molecule is COC(=O)c1sc(Br)c2c1N(C[C@@H](N)[C@@H]1CC(F)(F)CN1)CC(F)(F)C2.Cl.Cl. The Balaban J connectivity index is 0.00000196. The number of alkyl halides is 4. The first-order valence-corrected chi connectivity index (χ1v) is 9.53. The van der Waals surface area contributed by atoms with E-state index in [1.54, 1.807) is 0 Å². The molecule has 0 spiro atoms. The van der Waals surface area contributed by atoms with E-state index in [0.717, 1.165) is 11.3 Å². The Morgan fingerprint density at radius 3 is 2.57 bits per heavy atom. The Morgan fingerprint density at radius 2 is 2.04 bits per heavy atom. The minimum atomic E-state index is -3.02. The molecule has 1 aromatic rings. The van der Waals surface area contributed by atoms with Crippen LogP contribution in [0.25, 0.3) is 0 Å². The molecule has 1 saturated heterocycles. The van der Waals surface area contributed by atoms with Gasteiger partial charge in [0, 0.05) is 37.0 Å². The lowest BCUT2D eigenvalue weighted by Crippen LogP contribution is -2.53. The van der Waals surface area contributed by atoms with E-state index in [0.29, 0.717) is 15.0 Å². The normalized spacial score (nSPS) is 23.2. The summed E-state index contributed by atoms with van der Waals surface area (Å²) >= 11 is 4.25. The number of fused-ring (bicyclic) bond motifs is 1. The number of carbonyl (C=O) groups excluding carboxylic acids is 1. The Bertz CT molecular complexity index is 726. The van der Waals surface area contributed by atoms with Crippen LogP contribution in [0.3, 0.4) is 0 Å². The predicted octanol–water partition coefficient (Wildman–Crippen LogP) is 3.46. The number of nitrogens with zero attached hydrogens (tertiary/aromatic N) is 1. The van der Waals surface area contributed by atoms with Gasteiger partial charge in [-0.2, -0.15) is 0 Å². The van der Waals surface area contributed by atoms with Gasteiger partial charge in [0.25, 0.3) is 11.8 Å². The van der Waals surface area contributed by atoms with Gasteiger partial charge in [0.2, 0.25) is 0 Å². The molecule has 1 fully saturated rings. The van der Waals surface area contributed by atoms with E-state index in [2.05, 4.69) is 21.2 Å². The molecule has 0 aromatic carbocycles. The zero-order valence-electron chi connectivity index (χ0n) is 14.6. The number of anilines is 1. The lowest BCUT2D eigenvalue weighted by molar-refractivity contribution is 0.00434. The quantitative estimate of drug-likeness (QED) is 0.459. The van der Waals surface area contributed by atoms with E-state index >= 15 is 0 Å². The zero-order chi connectivity index (χ0) is 19.3. The maximum Gasteiger partial charge on any atom is 0.350 e. The van der Waals surface area contributed by atoms with Crippen LogP contribution in [0.2, 0.25) is 0 Å². The second kappa shape index (κ2) is 9.22. The van der Waals surface area contributed by atoms with Crippen molar-refractivity contribution >= 4 is 63.7 Å². The van der Waals surface area contributed by atoms with Crippen molar-refractivity contribution in [2.75, 3.05) is 31.6 Å². The fourth-order valence-electron chi connectivity index (χ4n) is 3.41. The van der Waals surface area contributed by atoms with Crippen LogP contribution >= 0.6 is 52.1 Å². The van der Waals surface area contributed by atoms with E-state index in [-0.39, 0.29) is 36.2 Å². The second-order valence-electron chi connectivity index (χ2n) is 6.65. The van der Waals surface area contributed by atoms with Crippen LogP contribution in [-0.4, -0.2) is 56.6 Å². The Hall–Kier alpha value is -0.330. The molecule has 0 aliphatic carbocycles. The van der Waals surface area contributed by atoms with Crippen molar-refractivity contribution in [1.29, 1.82) is 0 Å². The van der Waals surface area contributed by atoms with Gasteiger partial charge in [0.05, 0.1) is 29.7 Å². The molecule has 3 heterocycles. The van der Waals surface area contributed by atoms with Gasteiger partial charge in [-0.1, -0.05) is 0 Å². The average Bonchev–Trinajstić information content (AvgIpc) is 3.06. The highest BCUT2D eigenvalue weighted by molar-refractivity contribution is 9.11. The molecule has 28 heavy (non-hydrogen) atoms. The van der Waals surface area contributed by atoms with Gasteiger partial charge in [-0.15, -0.1) is 36.2 Å². The van der Waals surface area contributed by atoms with Gasteiger partial charge in [-0.3, -0.25) is 0 Å². The van der Waals surface area contributed by atoms with Crippen LogP contribution in [0.4, 0.5) is 23.2 Å². The second-order valence-corrected chi connectivity index (χ2v) is 8.99. The van der Waals surface area contributed by atoms with E-state index in [1.165, 1.54) is 12.0 Å². The Morgan fingerprint density at radius 1 is 1.39 bits per heavy atom. The lowest BCUT2D eigenvalue weighted by atomic mass is 9.99. The first-order valence-electron chi connectivity index (χ1n) is 7.92. The van der Waals surface area contributed by atoms with Crippen LogP contribution in [0.5, 0.6) is 0 Å². The standard InChI is InChI=1S/C15H18BrF4N3O2S.2ClH/c1-25-13(24)11-10-7(12(16)26-11)2-15(19,20)6-23(10)4-8(21)9-3-14(17,18)5-22-9;;/h8-9,22H,2-6,21H2,1H3;2*1H/t8-,9+;;/m1../s1. The molecule has 0 saturated carbocycles. The number of nitrogens with one attached hydrogen (secondary N) is 1. The van der Waals surface area contributed by atoms with Crippen molar-refractivity contribution in [2.24, 2.45) is 5.73 Å². The molecule has 3 N–H and O–H groups in total. The van der Waals surface area contributed by atoms with Crippen molar-refractivity contribution < 1.29 is 27.1 Å². The molecule has 5 nitrogen and oxygen atoms in total. The van der Waals surface area contributed by atoms with Crippen LogP contribution in [0.15, 0.2) is 3.79 Å². The molecule has 0 bridgehead atoms. The number of rotatable bonds is 4. The van der Waals surface area contributed by atoms with Gasteiger partial charge in [-0.05, 0) is 15.9 Å². The van der Waals surface area contributed by atoms with Crippen LogP contribution in [0.1, 0.15) is 21.7 Å². The van der Waals surface area contributed by atoms with Gasteiger partial charge in [0.15, 0.2) is 0 Å². The number of thiophene rings is 1. The van der Waals surface area contributed by atoms with E-state index in [1.807, 2.05) is 0 Å². The summed E-state index contributed by atoms with van der Waals surface area (Å²) in [7, 11) is 1.21. The zero-order valence-corrected chi connectivity index (χ0v) is 18.7. The minimum absolute atomic E-state index is 0. The molecule has 1 aromatic heterocycles. The van der Waals surface area contributed by atoms with Gasteiger partial charge >= 0.3 is 5.97 Å². The van der Waals surface area contributed by atoms with Crippen LogP contribution < -0.4 is 16.0 Å². The first kappa shape index (κ1) is 25.7. The van der Waals surface area contributed by atoms with Crippen molar-refractivity contribution in [3.05, 3.63) is 14.2 Å². The molecule has 0 amide bonds. The van der Waals surface area contributed by atoms with Crippen molar-refractivity contribution in [3.63, 3.8) is 0 Å². The molecular formula is C15H20BrCl2F4N3O2S. The summed E-state index contributed by atoms with van der Waals surface area (Å²) in [5, 5.41) is 2.65. The largest absolute Gasteiger partial charge is 0.465 e. The summed E-state index contributed by atoms with van der Waals surface area (Å²) in [5.74, 6) is -6.51. The average molecular weight is 533 g/mol. The molecular weight excluding hydrogens is 513 g/mol. The van der Waals surface area contributed by atoms with Gasteiger partial charge in [-0.25, -0.2) is 22.4 Å². The number of halogens is 7. The highest BCUT2D eigenvalue weighted by Crippen LogP contribution is 2.46. The topological polar surface area (TPSA) is 67.6 Å². The molecule has 2 aliphatic heterocycles. The van der Waals surface area contributed by atoms with Gasteiger partial charge < -0.3 is 20.7 Å². The molecule has 2 aliphatic rings. The van der Waals surface area contributed by atoms with E-state index in [9.17, 15) is 22.4 Å². The van der Waals surface area contributed by atoms with Crippen molar-refractivity contribution in [3.8, 4) is 0 Å². The number of methoxy groups -OCH3 is 1. The number of esters is 1. The number of carbonyl (C=O) groups is 1. The maximum absolute atomic E-state index is 14.2. The third-order valence-corrected chi connectivity index (χ3v) is 6.52. The Kier molecular flexibility index (Phi) is 8.46. The lowest BCUT2D eigenvalue weighted by Gasteiger charge is -2.37. The summed E-state index contributed by atoms with van der Waals surface area (Å²) in [6.45, 7) is -1.20. The van der Waals surface area contributed by atoms with E-state index < -0.39 is 55.8 Å². The molecule has 2 atom stereocenters. The molecule has 13 heteroatoms. The smallest absolute Gasteiger partial charge is 0.350 e. The van der Waals surface area contributed by atoms with E-state index in [4.69, 9.17) is 10.5 Å². The van der Waals surface area contributed by atoms with Crippen molar-refractivity contribution in [1.82, 2.24) is 5.32 Å². The molecule has 0 radical (unpaired) electrons. The van der Waals surface area contributed by atoms with Crippen molar-refractivity contribution in [2.45, 2.75) is 36.8 Å². The molecule has 3 rings (SSSR count). The van der Waals surface area contributed by atoms with Crippen LogP contribution in [-0.2, 0) is 11.2 Å². The summed E-state index contributed by atoms with van der Waals surface area (Å²) in [4.78, 5) is 13.6. The monoisotopic (exact) mass is 531 g/mol. The summed E-state index contributed by atoms with van der Waals surface area (Å²) < 4.78 is 60.4. The third kappa shape index (κ3) is 5.23.